The van der Waals surface area contributed by atoms with Crippen molar-refractivity contribution in [1.82, 2.24) is 5.32 Å². The maximum Gasteiger partial charge on any atom is 0.113 e. The van der Waals surface area contributed by atoms with Gasteiger partial charge in [0, 0.05) is 6.54 Å². The topological polar surface area (TPSA) is 12.0 Å². The number of nitrogens with one attached hydrogen (secondary N) is 1. The highest BCUT2D eigenvalue weighted by molar-refractivity contribution is 4.80. The summed E-state index contributed by atoms with van der Waals surface area (Å²) in [6.07, 6.45) is 1.93. The predicted octanol–water partition coefficient (Wildman–Crippen LogP) is 0.522. The van der Waals surface area contributed by atoms with Crippen LogP contribution in [-0.2, 0) is 0 Å². The molecule has 1 aliphatic heterocycles. The van der Waals surface area contributed by atoms with E-state index >= 15 is 0 Å². The van der Waals surface area contributed by atoms with E-state index in [1.54, 1.807) is 0 Å². The first-order chi connectivity index (χ1) is 3.39. The standard InChI is InChI=1S/C5H9FN/c6-5-2-1-3-7-4-5/h1,5,7H,2-4H2. The lowest BCUT2D eigenvalue weighted by Gasteiger charge is -2.14. The van der Waals surface area contributed by atoms with Crippen LogP contribution in [0.5, 0.6) is 0 Å². The number of alkyl halides is 1. The predicted molar refractivity (Wildman–Crippen MR) is 26.7 cm³/mol. The molecule has 0 aliphatic carbocycles. The molecule has 0 aromatic heterocycles. The van der Waals surface area contributed by atoms with E-state index in [4.69, 9.17) is 0 Å². The van der Waals surface area contributed by atoms with Crippen LogP contribution in [-0.4, -0.2) is 19.3 Å². The van der Waals surface area contributed by atoms with Crippen molar-refractivity contribution in [3.05, 3.63) is 6.42 Å². The van der Waals surface area contributed by atoms with Crippen LogP contribution in [0, 0.1) is 6.42 Å². The summed E-state index contributed by atoms with van der Waals surface area (Å²) in [6.45, 7) is 1.41. The Morgan fingerprint density at radius 1 is 1.71 bits per heavy atom. The van der Waals surface area contributed by atoms with Gasteiger partial charge in [-0.15, -0.1) is 0 Å². The monoisotopic (exact) mass is 102 g/mol. The molecule has 0 spiro atoms. The van der Waals surface area contributed by atoms with Crippen LogP contribution in [0.1, 0.15) is 6.42 Å². The van der Waals surface area contributed by atoms with Gasteiger partial charge in [-0.3, -0.25) is 0 Å². The second kappa shape index (κ2) is 2.26. The van der Waals surface area contributed by atoms with E-state index in [0.717, 1.165) is 6.54 Å². The van der Waals surface area contributed by atoms with Gasteiger partial charge in [0.25, 0.3) is 0 Å². The van der Waals surface area contributed by atoms with E-state index in [2.05, 4.69) is 5.32 Å². The highest BCUT2D eigenvalue weighted by Gasteiger charge is 2.09. The minimum absolute atomic E-state index is 0.538. The van der Waals surface area contributed by atoms with Gasteiger partial charge < -0.3 is 5.32 Å². The highest BCUT2D eigenvalue weighted by atomic mass is 19.1. The molecular formula is C5H9FN. The maximum absolute atomic E-state index is 12.1. The Kier molecular flexibility index (Phi) is 1.63. The van der Waals surface area contributed by atoms with Crippen molar-refractivity contribution >= 4 is 0 Å². The number of halogens is 1. The van der Waals surface area contributed by atoms with Gasteiger partial charge in [0.2, 0.25) is 0 Å². The van der Waals surface area contributed by atoms with Crippen molar-refractivity contribution in [2.24, 2.45) is 0 Å². The molecule has 1 rings (SSSR count). The first-order valence-corrected chi connectivity index (χ1v) is 2.56. The summed E-state index contributed by atoms with van der Waals surface area (Å²) in [5.41, 5.74) is 0. The Hall–Kier alpha value is -0.110. The third-order valence-corrected chi connectivity index (χ3v) is 1.08. The minimum atomic E-state index is -0.631. The smallest absolute Gasteiger partial charge is 0.113 e. The molecule has 7 heavy (non-hydrogen) atoms. The van der Waals surface area contributed by atoms with E-state index < -0.39 is 6.17 Å². The maximum atomic E-state index is 12.1. The zero-order valence-corrected chi connectivity index (χ0v) is 4.15. The molecule has 1 unspecified atom stereocenters. The summed E-state index contributed by atoms with van der Waals surface area (Å²) >= 11 is 0. The molecular weight excluding hydrogens is 93.1 g/mol. The Bertz CT molecular complexity index is 50.0. The fourth-order valence-electron chi connectivity index (χ4n) is 0.690. The first-order valence-electron chi connectivity index (χ1n) is 2.56. The number of hydrogen-bond donors (Lipinski definition) is 1. The van der Waals surface area contributed by atoms with Crippen LogP contribution in [0.3, 0.4) is 0 Å². The second-order valence-electron chi connectivity index (χ2n) is 1.78. The third kappa shape index (κ3) is 1.43. The third-order valence-electron chi connectivity index (χ3n) is 1.08. The number of rotatable bonds is 0. The van der Waals surface area contributed by atoms with Gasteiger partial charge in [0.15, 0.2) is 0 Å². The summed E-state index contributed by atoms with van der Waals surface area (Å²) in [5, 5.41) is 2.90. The second-order valence-corrected chi connectivity index (χ2v) is 1.78. The summed E-state index contributed by atoms with van der Waals surface area (Å²) < 4.78 is 12.1. The molecule has 1 aliphatic rings. The zero-order valence-electron chi connectivity index (χ0n) is 4.15. The summed E-state index contributed by atoms with van der Waals surface area (Å²) in [6, 6.07) is 0. The van der Waals surface area contributed by atoms with E-state index in [1.807, 2.05) is 6.42 Å². The minimum Gasteiger partial charge on any atom is -0.314 e. The van der Waals surface area contributed by atoms with Crippen molar-refractivity contribution in [1.29, 1.82) is 0 Å². The molecule has 0 bridgehead atoms. The van der Waals surface area contributed by atoms with Crippen molar-refractivity contribution in [3.63, 3.8) is 0 Å². The Balaban J connectivity index is 2.12. The fourth-order valence-corrected chi connectivity index (χ4v) is 0.690. The Morgan fingerprint density at radius 3 is 2.86 bits per heavy atom. The molecule has 2 heteroatoms. The summed E-state index contributed by atoms with van der Waals surface area (Å²) in [7, 11) is 0. The van der Waals surface area contributed by atoms with Gasteiger partial charge >= 0.3 is 0 Å². The molecule has 1 heterocycles. The van der Waals surface area contributed by atoms with Crippen LogP contribution < -0.4 is 5.32 Å². The molecule has 0 saturated carbocycles. The molecule has 1 nitrogen and oxygen atoms in total. The molecule has 1 radical (unpaired) electrons. The first kappa shape index (κ1) is 5.04. The normalized spacial score (nSPS) is 33.0. The molecule has 1 N–H and O–H groups in total. The van der Waals surface area contributed by atoms with Crippen LogP contribution in [0.15, 0.2) is 0 Å². The van der Waals surface area contributed by atoms with E-state index in [1.165, 1.54) is 0 Å². The van der Waals surface area contributed by atoms with Crippen molar-refractivity contribution in [2.45, 2.75) is 12.6 Å². The van der Waals surface area contributed by atoms with Gasteiger partial charge in [-0.2, -0.15) is 0 Å². The van der Waals surface area contributed by atoms with Gasteiger partial charge in [-0.1, -0.05) is 0 Å². The van der Waals surface area contributed by atoms with E-state index in [0.29, 0.717) is 13.0 Å². The van der Waals surface area contributed by atoms with Crippen LogP contribution in [0.25, 0.3) is 0 Å². The SMILES string of the molecule is FC1C[CH]CNC1. The number of piperidine rings is 1. The van der Waals surface area contributed by atoms with Crippen molar-refractivity contribution < 1.29 is 4.39 Å². The average Bonchev–Trinajstić information content (AvgIpc) is 1.69. The highest BCUT2D eigenvalue weighted by Crippen LogP contribution is 2.02. The van der Waals surface area contributed by atoms with Gasteiger partial charge in [0.05, 0.1) is 0 Å². The van der Waals surface area contributed by atoms with Gasteiger partial charge in [-0.05, 0) is 19.4 Å². The molecule has 1 fully saturated rings. The molecule has 1 saturated heterocycles. The zero-order chi connectivity index (χ0) is 5.11. The largest absolute Gasteiger partial charge is 0.314 e. The molecule has 1 atom stereocenters. The summed E-state index contributed by atoms with van der Waals surface area (Å²) in [5.74, 6) is 0. The molecule has 0 aromatic carbocycles. The lowest BCUT2D eigenvalue weighted by Crippen LogP contribution is -2.30. The Labute approximate surface area is 42.9 Å². The number of hydrogen-bond acceptors (Lipinski definition) is 1. The van der Waals surface area contributed by atoms with Crippen LogP contribution >= 0.6 is 0 Å². The van der Waals surface area contributed by atoms with Crippen LogP contribution in [0.2, 0.25) is 0 Å². The van der Waals surface area contributed by atoms with Crippen molar-refractivity contribution in [3.8, 4) is 0 Å². The van der Waals surface area contributed by atoms with E-state index in [-0.39, 0.29) is 0 Å². The average molecular weight is 102 g/mol. The fraction of sp³-hybridized carbons (Fsp3) is 0.800. The lowest BCUT2D eigenvalue weighted by atomic mass is 10.1. The quantitative estimate of drug-likeness (QED) is 0.470. The Morgan fingerprint density at radius 2 is 2.57 bits per heavy atom. The van der Waals surface area contributed by atoms with Crippen LogP contribution in [0.4, 0.5) is 4.39 Å². The van der Waals surface area contributed by atoms with E-state index in [9.17, 15) is 4.39 Å². The molecule has 0 amide bonds. The lowest BCUT2D eigenvalue weighted by molar-refractivity contribution is 0.296. The molecule has 41 valence electrons. The van der Waals surface area contributed by atoms with Gasteiger partial charge in [-0.25, -0.2) is 4.39 Å². The molecule has 0 aromatic rings. The van der Waals surface area contributed by atoms with Gasteiger partial charge in [0.1, 0.15) is 6.17 Å². The van der Waals surface area contributed by atoms with Crippen molar-refractivity contribution in [2.75, 3.05) is 13.1 Å². The summed E-state index contributed by atoms with van der Waals surface area (Å²) in [4.78, 5) is 0.